The average Bonchev–Trinajstić information content (AvgIpc) is 3.13. The van der Waals surface area contributed by atoms with E-state index < -0.39 is 0 Å². The minimum atomic E-state index is 0.0673. The molecule has 0 saturated carbocycles. The second kappa shape index (κ2) is 6.71. The van der Waals surface area contributed by atoms with Gasteiger partial charge in [0.05, 0.1) is 7.11 Å². The lowest BCUT2D eigenvalue weighted by Gasteiger charge is -2.26. The number of para-hydroxylation sites is 1. The Balaban J connectivity index is 1.54. The lowest BCUT2D eigenvalue weighted by Crippen LogP contribution is -2.34. The first kappa shape index (κ1) is 16.5. The van der Waals surface area contributed by atoms with E-state index in [1.807, 2.05) is 29.2 Å². The number of methoxy groups -OCH3 is 1. The number of carbonyl (C=O) groups excluding carboxylic acids is 1. The highest BCUT2D eigenvalue weighted by Crippen LogP contribution is 2.30. The van der Waals surface area contributed by atoms with Crippen molar-refractivity contribution >= 4 is 22.4 Å². The highest BCUT2D eigenvalue weighted by atomic mass is 16.5. The van der Waals surface area contributed by atoms with Gasteiger partial charge in [0.25, 0.3) is 5.91 Å². The summed E-state index contributed by atoms with van der Waals surface area (Å²) in [6.07, 6.45) is 5.13. The third-order valence-corrected chi connectivity index (χ3v) is 5.10. The molecule has 0 saturated heterocycles. The molecule has 3 aromatic rings. The van der Waals surface area contributed by atoms with E-state index in [1.165, 1.54) is 27.6 Å². The Morgan fingerprint density at radius 1 is 1.15 bits per heavy atom. The van der Waals surface area contributed by atoms with Crippen molar-refractivity contribution in [3.05, 3.63) is 71.4 Å². The van der Waals surface area contributed by atoms with Gasteiger partial charge < -0.3 is 14.6 Å². The van der Waals surface area contributed by atoms with Crippen molar-refractivity contribution < 1.29 is 9.53 Å². The molecule has 0 radical (unpaired) electrons. The summed E-state index contributed by atoms with van der Waals surface area (Å²) in [4.78, 5) is 18.0. The molecular weight excluding hydrogens is 324 g/mol. The van der Waals surface area contributed by atoms with Crippen molar-refractivity contribution in [2.45, 2.75) is 13.3 Å². The minimum absolute atomic E-state index is 0.0673. The third kappa shape index (κ3) is 2.88. The Kier molecular flexibility index (Phi) is 4.25. The van der Waals surface area contributed by atoms with Gasteiger partial charge >= 0.3 is 0 Å². The van der Waals surface area contributed by atoms with Crippen molar-refractivity contribution in [3.8, 4) is 5.75 Å². The Morgan fingerprint density at radius 3 is 2.65 bits per heavy atom. The number of carbonyl (C=O) groups is 1. The number of benzene rings is 2. The van der Waals surface area contributed by atoms with Crippen LogP contribution in [0.15, 0.2) is 54.7 Å². The van der Waals surface area contributed by atoms with Crippen LogP contribution in [-0.4, -0.2) is 36.0 Å². The van der Waals surface area contributed by atoms with Crippen LogP contribution in [0, 0.1) is 6.92 Å². The molecule has 4 nitrogen and oxygen atoms in total. The molecule has 2 aromatic carbocycles. The molecule has 1 aromatic heterocycles. The summed E-state index contributed by atoms with van der Waals surface area (Å²) >= 11 is 0. The predicted octanol–water partition coefficient (Wildman–Crippen LogP) is 4.41. The van der Waals surface area contributed by atoms with Crippen LogP contribution in [0.1, 0.15) is 27.9 Å². The van der Waals surface area contributed by atoms with E-state index in [0.717, 1.165) is 18.7 Å². The molecular formula is C22H22N2O2. The van der Waals surface area contributed by atoms with Crippen LogP contribution in [0.5, 0.6) is 5.75 Å². The number of aromatic nitrogens is 1. The van der Waals surface area contributed by atoms with Crippen LogP contribution in [0.3, 0.4) is 0 Å². The van der Waals surface area contributed by atoms with E-state index in [2.05, 4.69) is 42.4 Å². The Labute approximate surface area is 153 Å². The summed E-state index contributed by atoms with van der Waals surface area (Å²) < 4.78 is 5.16. The first-order valence-electron chi connectivity index (χ1n) is 8.87. The molecule has 0 atom stereocenters. The van der Waals surface area contributed by atoms with Crippen LogP contribution in [0.2, 0.25) is 0 Å². The van der Waals surface area contributed by atoms with Gasteiger partial charge in [-0.2, -0.15) is 0 Å². The molecule has 1 aliphatic rings. The summed E-state index contributed by atoms with van der Waals surface area (Å²) in [7, 11) is 1.62. The van der Waals surface area contributed by atoms with Crippen molar-refractivity contribution in [3.63, 3.8) is 0 Å². The van der Waals surface area contributed by atoms with Gasteiger partial charge in [0, 0.05) is 41.3 Å². The standard InChI is InChI=1S/C22H22N2O2/c1-15-4-3-5-19-20(14-23-21(15)19)16-10-12-24(13-11-16)22(25)17-6-8-18(26-2)9-7-17/h3-10,14,23H,11-13H2,1-2H3. The second-order valence-corrected chi connectivity index (χ2v) is 6.66. The monoisotopic (exact) mass is 346 g/mol. The molecule has 0 bridgehead atoms. The lowest BCUT2D eigenvalue weighted by molar-refractivity contribution is 0.0773. The molecule has 1 amide bonds. The number of fused-ring (bicyclic) bond motifs is 1. The third-order valence-electron chi connectivity index (χ3n) is 5.10. The van der Waals surface area contributed by atoms with Crippen LogP contribution >= 0.6 is 0 Å². The zero-order chi connectivity index (χ0) is 18.1. The van der Waals surface area contributed by atoms with Crippen LogP contribution in [0.4, 0.5) is 0 Å². The van der Waals surface area contributed by atoms with Crippen molar-refractivity contribution in [2.24, 2.45) is 0 Å². The van der Waals surface area contributed by atoms with E-state index in [-0.39, 0.29) is 5.91 Å². The van der Waals surface area contributed by atoms with Gasteiger partial charge in [-0.1, -0.05) is 24.3 Å². The largest absolute Gasteiger partial charge is 0.497 e. The van der Waals surface area contributed by atoms with Crippen LogP contribution < -0.4 is 4.74 Å². The number of nitrogens with one attached hydrogen (secondary N) is 1. The SMILES string of the molecule is COc1ccc(C(=O)N2CC=C(c3c[nH]c4c(C)cccc34)CC2)cc1. The van der Waals surface area contributed by atoms with Crippen LogP contribution in [0.25, 0.3) is 16.5 Å². The molecule has 4 rings (SSSR count). The Hall–Kier alpha value is -3.01. The zero-order valence-electron chi connectivity index (χ0n) is 15.1. The molecule has 0 fully saturated rings. The van der Waals surface area contributed by atoms with Gasteiger partial charge in [-0.05, 0) is 48.7 Å². The van der Waals surface area contributed by atoms with E-state index in [1.54, 1.807) is 7.11 Å². The maximum Gasteiger partial charge on any atom is 0.254 e. The van der Waals surface area contributed by atoms with E-state index in [9.17, 15) is 4.79 Å². The van der Waals surface area contributed by atoms with Gasteiger partial charge in [-0.25, -0.2) is 0 Å². The molecule has 4 heteroatoms. The predicted molar refractivity (Wildman–Crippen MR) is 105 cm³/mol. The average molecular weight is 346 g/mol. The normalized spacial score (nSPS) is 14.4. The first-order chi connectivity index (χ1) is 12.7. The fourth-order valence-corrected chi connectivity index (χ4v) is 3.59. The molecule has 1 aliphatic heterocycles. The number of hydrogen-bond acceptors (Lipinski definition) is 2. The van der Waals surface area contributed by atoms with Crippen molar-refractivity contribution in [2.75, 3.05) is 20.2 Å². The summed E-state index contributed by atoms with van der Waals surface area (Å²) in [5.41, 5.74) is 5.70. The minimum Gasteiger partial charge on any atom is -0.497 e. The van der Waals surface area contributed by atoms with E-state index in [0.29, 0.717) is 12.1 Å². The Morgan fingerprint density at radius 2 is 1.96 bits per heavy atom. The lowest BCUT2D eigenvalue weighted by atomic mass is 9.98. The molecule has 132 valence electrons. The zero-order valence-corrected chi connectivity index (χ0v) is 15.1. The van der Waals surface area contributed by atoms with E-state index >= 15 is 0 Å². The number of rotatable bonds is 3. The van der Waals surface area contributed by atoms with Gasteiger partial charge in [0.1, 0.15) is 5.75 Å². The fraction of sp³-hybridized carbons (Fsp3) is 0.227. The number of H-pyrrole nitrogens is 1. The number of aryl methyl sites for hydroxylation is 1. The Bertz CT molecular complexity index is 983. The van der Waals surface area contributed by atoms with Crippen molar-refractivity contribution in [1.29, 1.82) is 0 Å². The summed E-state index contributed by atoms with van der Waals surface area (Å²) in [6, 6.07) is 13.7. The van der Waals surface area contributed by atoms with Crippen LogP contribution in [-0.2, 0) is 0 Å². The van der Waals surface area contributed by atoms with Gasteiger partial charge in [0.2, 0.25) is 0 Å². The summed E-state index contributed by atoms with van der Waals surface area (Å²) in [5, 5.41) is 1.26. The van der Waals surface area contributed by atoms with Gasteiger partial charge in [0.15, 0.2) is 0 Å². The van der Waals surface area contributed by atoms with Crippen molar-refractivity contribution in [1.82, 2.24) is 9.88 Å². The highest BCUT2D eigenvalue weighted by molar-refractivity contribution is 5.97. The number of ether oxygens (including phenoxy) is 1. The first-order valence-corrected chi connectivity index (χ1v) is 8.87. The van der Waals surface area contributed by atoms with Gasteiger partial charge in [-0.15, -0.1) is 0 Å². The quantitative estimate of drug-likeness (QED) is 0.763. The molecule has 2 heterocycles. The molecule has 1 N–H and O–H groups in total. The molecule has 0 unspecified atom stereocenters. The number of hydrogen-bond donors (Lipinski definition) is 1. The summed E-state index contributed by atoms with van der Waals surface area (Å²) in [6.45, 7) is 3.49. The maximum absolute atomic E-state index is 12.7. The smallest absolute Gasteiger partial charge is 0.254 e. The fourth-order valence-electron chi connectivity index (χ4n) is 3.59. The second-order valence-electron chi connectivity index (χ2n) is 6.66. The maximum atomic E-state index is 12.7. The topological polar surface area (TPSA) is 45.3 Å². The molecule has 0 aliphatic carbocycles. The number of amides is 1. The highest BCUT2D eigenvalue weighted by Gasteiger charge is 2.20. The molecule has 26 heavy (non-hydrogen) atoms. The molecule has 0 spiro atoms. The van der Waals surface area contributed by atoms with E-state index in [4.69, 9.17) is 4.74 Å². The number of nitrogens with zero attached hydrogens (tertiary/aromatic N) is 1. The number of aromatic amines is 1. The van der Waals surface area contributed by atoms with Gasteiger partial charge in [-0.3, -0.25) is 4.79 Å². The summed E-state index contributed by atoms with van der Waals surface area (Å²) in [5.74, 6) is 0.828.